The first-order valence-electron chi connectivity index (χ1n) is 8.51. The fraction of sp³-hybridized carbons (Fsp3) is 0.611. The van der Waals surface area contributed by atoms with Crippen molar-refractivity contribution in [1.82, 2.24) is 4.90 Å². The average Bonchev–Trinajstić information content (AvgIpc) is 2.61. The van der Waals surface area contributed by atoms with Gasteiger partial charge in [0.2, 0.25) is 5.75 Å². The topological polar surface area (TPSA) is 69.3 Å². The largest absolute Gasteiger partial charge is 0.493 e. The number of nitrogens with zero attached hydrogens (tertiary/aromatic N) is 2. The number of aliphatic imine (C=N–C) groups is 1. The van der Waals surface area contributed by atoms with Crippen LogP contribution in [-0.2, 0) is 6.54 Å². The quantitative estimate of drug-likeness (QED) is 0.639. The molecule has 134 valence electrons. The lowest BCUT2D eigenvalue weighted by atomic mass is 10.00. The van der Waals surface area contributed by atoms with Gasteiger partial charge < -0.3 is 24.8 Å². The number of rotatable bonds is 6. The standard InChI is InChI=1S/C18H29N3O3/c1-5-24-17-15(22-3)10-14(11-16(17)23-4)12-20-18(19)21-8-6-13(2)7-9-21/h10-11,13H,5-9,12H2,1-4H3,(H2,19,20). The van der Waals surface area contributed by atoms with E-state index in [0.29, 0.717) is 36.4 Å². The highest BCUT2D eigenvalue weighted by Crippen LogP contribution is 2.38. The minimum Gasteiger partial charge on any atom is -0.493 e. The van der Waals surface area contributed by atoms with Crippen molar-refractivity contribution in [3.63, 3.8) is 0 Å². The molecule has 0 bridgehead atoms. The lowest BCUT2D eigenvalue weighted by Crippen LogP contribution is -2.42. The molecule has 1 aromatic carbocycles. The Balaban J connectivity index is 2.12. The van der Waals surface area contributed by atoms with Crippen LogP contribution in [0.2, 0.25) is 0 Å². The smallest absolute Gasteiger partial charge is 0.203 e. The number of nitrogens with two attached hydrogens (primary N) is 1. The second-order valence-electron chi connectivity index (χ2n) is 6.11. The van der Waals surface area contributed by atoms with E-state index in [2.05, 4.69) is 16.8 Å². The zero-order chi connectivity index (χ0) is 17.5. The highest BCUT2D eigenvalue weighted by Gasteiger charge is 2.17. The van der Waals surface area contributed by atoms with Gasteiger partial charge in [-0.05, 0) is 43.4 Å². The molecule has 1 aliphatic heterocycles. The number of likely N-dealkylation sites (tertiary alicyclic amines) is 1. The van der Waals surface area contributed by atoms with Crippen LogP contribution in [-0.4, -0.2) is 44.8 Å². The van der Waals surface area contributed by atoms with Gasteiger partial charge in [-0.2, -0.15) is 0 Å². The van der Waals surface area contributed by atoms with Crippen molar-refractivity contribution in [1.29, 1.82) is 0 Å². The molecular formula is C18H29N3O3. The third-order valence-corrected chi connectivity index (χ3v) is 4.34. The summed E-state index contributed by atoms with van der Waals surface area (Å²) in [5.74, 6) is 3.29. The molecule has 6 heteroatoms. The molecule has 2 rings (SSSR count). The van der Waals surface area contributed by atoms with Gasteiger partial charge in [0.1, 0.15) is 0 Å². The van der Waals surface area contributed by atoms with Gasteiger partial charge in [-0.1, -0.05) is 6.92 Å². The highest BCUT2D eigenvalue weighted by atomic mass is 16.5. The van der Waals surface area contributed by atoms with Gasteiger partial charge in [0.15, 0.2) is 17.5 Å². The lowest BCUT2D eigenvalue weighted by molar-refractivity contribution is 0.277. The number of guanidine groups is 1. The summed E-state index contributed by atoms with van der Waals surface area (Å²) in [4.78, 5) is 6.69. The van der Waals surface area contributed by atoms with E-state index in [9.17, 15) is 0 Å². The van der Waals surface area contributed by atoms with Crippen LogP contribution in [0.1, 0.15) is 32.3 Å². The molecule has 0 atom stereocenters. The van der Waals surface area contributed by atoms with Crippen molar-refractivity contribution in [3.8, 4) is 17.2 Å². The first-order chi connectivity index (χ1) is 11.6. The molecule has 0 amide bonds. The van der Waals surface area contributed by atoms with Crippen LogP contribution in [0.5, 0.6) is 17.2 Å². The molecule has 6 nitrogen and oxygen atoms in total. The summed E-state index contributed by atoms with van der Waals surface area (Å²) in [6.45, 7) is 7.20. The molecule has 0 aliphatic carbocycles. The molecule has 1 fully saturated rings. The normalized spacial score (nSPS) is 16.2. The summed E-state index contributed by atoms with van der Waals surface area (Å²) in [5, 5.41) is 0. The fourth-order valence-corrected chi connectivity index (χ4v) is 2.82. The average molecular weight is 335 g/mol. The number of hydrogen-bond acceptors (Lipinski definition) is 4. The van der Waals surface area contributed by atoms with E-state index in [1.54, 1.807) is 14.2 Å². The van der Waals surface area contributed by atoms with Gasteiger partial charge in [-0.3, -0.25) is 0 Å². The second-order valence-corrected chi connectivity index (χ2v) is 6.11. The molecule has 0 radical (unpaired) electrons. The third kappa shape index (κ3) is 4.46. The Morgan fingerprint density at radius 3 is 2.29 bits per heavy atom. The van der Waals surface area contributed by atoms with Gasteiger partial charge in [0.25, 0.3) is 0 Å². The van der Waals surface area contributed by atoms with E-state index in [1.807, 2.05) is 19.1 Å². The van der Waals surface area contributed by atoms with E-state index in [0.717, 1.165) is 24.6 Å². The van der Waals surface area contributed by atoms with Crippen LogP contribution in [0.15, 0.2) is 17.1 Å². The molecule has 2 N–H and O–H groups in total. The Morgan fingerprint density at radius 2 is 1.79 bits per heavy atom. The fourth-order valence-electron chi connectivity index (χ4n) is 2.82. The lowest BCUT2D eigenvalue weighted by Gasteiger charge is -2.31. The Labute approximate surface area is 144 Å². The number of methoxy groups -OCH3 is 2. The minimum absolute atomic E-state index is 0.483. The molecule has 1 aliphatic rings. The first kappa shape index (κ1) is 18.2. The maximum atomic E-state index is 6.15. The van der Waals surface area contributed by atoms with Crippen molar-refractivity contribution >= 4 is 5.96 Å². The predicted octanol–water partition coefficient (Wildman–Crippen LogP) is 2.65. The Kier molecular flexibility index (Phi) is 6.58. The highest BCUT2D eigenvalue weighted by molar-refractivity contribution is 5.78. The summed E-state index contributed by atoms with van der Waals surface area (Å²) < 4.78 is 16.5. The number of piperidine rings is 1. The predicted molar refractivity (Wildman–Crippen MR) is 96.0 cm³/mol. The zero-order valence-electron chi connectivity index (χ0n) is 15.2. The van der Waals surface area contributed by atoms with Crippen LogP contribution in [0, 0.1) is 5.92 Å². The van der Waals surface area contributed by atoms with E-state index >= 15 is 0 Å². The Bertz CT molecular complexity index is 542. The molecule has 1 aromatic rings. The monoisotopic (exact) mass is 335 g/mol. The van der Waals surface area contributed by atoms with E-state index in [-0.39, 0.29) is 0 Å². The van der Waals surface area contributed by atoms with Crippen molar-refractivity contribution in [2.75, 3.05) is 33.9 Å². The second kappa shape index (κ2) is 8.66. The van der Waals surface area contributed by atoms with Crippen LogP contribution in [0.3, 0.4) is 0 Å². The number of benzene rings is 1. The molecular weight excluding hydrogens is 306 g/mol. The van der Waals surface area contributed by atoms with Gasteiger partial charge >= 0.3 is 0 Å². The summed E-state index contributed by atoms with van der Waals surface area (Å²) in [6.07, 6.45) is 2.34. The van der Waals surface area contributed by atoms with Crippen molar-refractivity contribution in [2.45, 2.75) is 33.2 Å². The summed E-state index contributed by atoms with van der Waals surface area (Å²) in [7, 11) is 3.24. The SMILES string of the molecule is CCOc1c(OC)cc(CN=C(N)N2CCC(C)CC2)cc1OC. The van der Waals surface area contributed by atoms with E-state index < -0.39 is 0 Å². The molecule has 1 saturated heterocycles. The van der Waals surface area contributed by atoms with Crippen LogP contribution in [0.25, 0.3) is 0 Å². The number of ether oxygens (including phenoxy) is 3. The molecule has 24 heavy (non-hydrogen) atoms. The molecule has 1 heterocycles. The van der Waals surface area contributed by atoms with Crippen molar-refractivity contribution < 1.29 is 14.2 Å². The van der Waals surface area contributed by atoms with E-state index in [1.165, 1.54) is 12.8 Å². The molecule has 0 aromatic heterocycles. The maximum Gasteiger partial charge on any atom is 0.203 e. The van der Waals surface area contributed by atoms with Gasteiger partial charge in [-0.25, -0.2) is 4.99 Å². The zero-order valence-corrected chi connectivity index (χ0v) is 15.2. The molecule has 0 saturated carbocycles. The first-order valence-corrected chi connectivity index (χ1v) is 8.51. The molecule has 0 unspecified atom stereocenters. The minimum atomic E-state index is 0.483. The van der Waals surface area contributed by atoms with Gasteiger partial charge in [0.05, 0.1) is 27.4 Å². The van der Waals surface area contributed by atoms with Crippen LogP contribution < -0.4 is 19.9 Å². The van der Waals surface area contributed by atoms with Crippen LogP contribution in [0.4, 0.5) is 0 Å². The number of hydrogen-bond donors (Lipinski definition) is 1. The van der Waals surface area contributed by atoms with Crippen LogP contribution >= 0.6 is 0 Å². The third-order valence-electron chi connectivity index (χ3n) is 4.34. The Morgan fingerprint density at radius 1 is 1.21 bits per heavy atom. The van der Waals surface area contributed by atoms with Gasteiger partial charge in [-0.15, -0.1) is 0 Å². The summed E-state index contributed by atoms with van der Waals surface area (Å²) in [6, 6.07) is 3.84. The van der Waals surface area contributed by atoms with E-state index in [4.69, 9.17) is 19.9 Å². The maximum absolute atomic E-state index is 6.15. The molecule has 0 spiro atoms. The van der Waals surface area contributed by atoms with Crippen molar-refractivity contribution in [2.24, 2.45) is 16.6 Å². The summed E-state index contributed by atoms with van der Waals surface area (Å²) in [5.41, 5.74) is 7.12. The van der Waals surface area contributed by atoms with Gasteiger partial charge in [0, 0.05) is 13.1 Å². The summed E-state index contributed by atoms with van der Waals surface area (Å²) >= 11 is 0. The Hall–Kier alpha value is -2.11. The van der Waals surface area contributed by atoms with Crippen molar-refractivity contribution in [3.05, 3.63) is 17.7 Å².